The summed E-state index contributed by atoms with van der Waals surface area (Å²) in [5.74, 6) is 0.0780. The second-order valence-electron chi connectivity index (χ2n) is 5.01. The van der Waals surface area contributed by atoms with Crippen LogP contribution in [0.3, 0.4) is 0 Å². The predicted octanol–water partition coefficient (Wildman–Crippen LogP) is -0.553. The van der Waals surface area contributed by atoms with Crippen LogP contribution in [-0.2, 0) is 26.4 Å². The normalized spacial score (nSPS) is 22.1. The van der Waals surface area contributed by atoms with Crippen LogP contribution in [0.25, 0.3) is 0 Å². The van der Waals surface area contributed by atoms with E-state index in [4.69, 9.17) is 0 Å². The molecule has 0 saturated carbocycles. The van der Waals surface area contributed by atoms with Crippen molar-refractivity contribution in [2.75, 3.05) is 25.1 Å². The summed E-state index contributed by atoms with van der Waals surface area (Å²) in [6.45, 7) is 0.713. The number of hydrogen-bond donors (Lipinski definition) is 3. The molecule has 1 saturated heterocycles. The maximum Gasteiger partial charge on any atom is 0.242 e. The molecule has 1 aliphatic rings. The number of rotatable bonds is 6. The molecule has 2 rings (SSSR count). The third kappa shape index (κ3) is 3.81. The Morgan fingerprint density at radius 2 is 2.20 bits per heavy atom. The summed E-state index contributed by atoms with van der Waals surface area (Å²) in [6, 6.07) is 1.56. The highest BCUT2D eigenvalue weighted by Gasteiger charge is 2.29. The molecule has 0 bridgehead atoms. The van der Waals surface area contributed by atoms with Crippen molar-refractivity contribution < 1.29 is 16.8 Å². The first-order valence-electron chi connectivity index (χ1n) is 6.34. The van der Waals surface area contributed by atoms with E-state index in [9.17, 15) is 16.8 Å². The minimum Gasteiger partial charge on any atom is -0.363 e. The highest BCUT2D eigenvalue weighted by molar-refractivity contribution is 7.91. The lowest BCUT2D eigenvalue weighted by atomic mass is 10.1. The van der Waals surface area contributed by atoms with Gasteiger partial charge in [-0.3, -0.25) is 0 Å². The van der Waals surface area contributed by atoms with Crippen LogP contribution in [0.1, 0.15) is 12.1 Å². The van der Waals surface area contributed by atoms with Gasteiger partial charge in [0.25, 0.3) is 0 Å². The topological polar surface area (TPSA) is 108 Å². The van der Waals surface area contributed by atoms with Gasteiger partial charge in [-0.25, -0.2) is 21.6 Å². The van der Waals surface area contributed by atoms with Gasteiger partial charge in [0.15, 0.2) is 9.84 Å². The first-order valence-corrected chi connectivity index (χ1v) is 9.65. The van der Waals surface area contributed by atoms with Gasteiger partial charge in [-0.15, -0.1) is 0 Å². The zero-order valence-electron chi connectivity index (χ0n) is 11.2. The fourth-order valence-electron chi connectivity index (χ4n) is 2.21. The van der Waals surface area contributed by atoms with Gasteiger partial charge in [0.2, 0.25) is 10.0 Å². The molecule has 1 aromatic heterocycles. The largest absolute Gasteiger partial charge is 0.363 e. The Labute approximate surface area is 119 Å². The van der Waals surface area contributed by atoms with Crippen molar-refractivity contribution in [3.05, 3.63) is 18.0 Å². The van der Waals surface area contributed by atoms with Crippen molar-refractivity contribution in [3.63, 3.8) is 0 Å². The molecule has 3 N–H and O–H groups in total. The summed E-state index contributed by atoms with van der Waals surface area (Å²) in [6.07, 6.45) is 1.95. The third-order valence-electron chi connectivity index (χ3n) is 3.28. The molecule has 2 heterocycles. The summed E-state index contributed by atoms with van der Waals surface area (Å²) < 4.78 is 49.3. The Hall–Kier alpha value is -0.900. The van der Waals surface area contributed by atoms with E-state index in [1.54, 1.807) is 13.1 Å². The standard InChI is InChI=1S/C11H19N3O4S2/c1-12-6-10-4-11(7-13-10)20(17,18)14-5-9-2-3-19(15,16)8-9/h4,7,9,12-14H,2-3,5-6,8H2,1H3. The molecule has 1 fully saturated rings. The third-order valence-corrected chi connectivity index (χ3v) is 6.52. The van der Waals surface area contributed by atoms with Gasteiger partial charge in [0.1, 0.15) is 0 Å². The van der Waals surface area contributed by atoms with E-state index in [2.05, 4.69) is 15.0 Å². The molecule has 7 nitrogen and oxygen atoms in total. The van der Waals surface area contributed by atoms with Gasteiger partial charge in [0, 0.05) is 25.0 Å². The predicted molar refractivity (Wildman–Crippen MR) is 75.5 cm³/mol. The molecule has 1 atom stereocenters. The van der Waals surface area contributed by atoms with Crippen LogP contribution in [-0.4, -0.2) is 46.9 Å². The molecule has 9 heteroatoms. The van der Waals surface area contributed by atoms with Crippen LogP contribution >= 0.6 is 0 Å². The van der Waals surface area contributed by atoms with Crippen molar-refractivity contribution in [1.82, 2.24) is 15.0 Å². The molecular formula is C11H19N3O4S2. The average molecular weight is 321 g/mol. The van der Waals surface area contributed by atoms with Crippen molar-refractivity contribution >= 4 is 19.9 Å². The number of aromatic nitrogens is 1. The van der Waals surface area contributed by atoms with E-state index in [-0.39, 0.29) is 28.9 Å². The van der Waals surface area contributed by atoms with Crippen molar-refractivity contribution in [1.29, 1.82) is 0 Å². The van der Waals surface area contributed by atoms with Crippen LogP contribution < -0.4 is 10.0 Å². The minimum atomic E-state index is -3.59. The van der Waals surface area contributed by atoms with Gasteiger partial charge in [-0.1, -0.05) is 0 Å². The first-order chi connectivity index (χ1) is 9.32. The molecule has 0 spiro atoms. The van der Waals surface area contributed by atoms with Gasteiger partial charge >= 0.3 is 0 Å². The van der Waals surface area contributed by atoms with Gasteiger partial charge in [0.05, 0.1) is 16.4 Å². The Kier molecular flexibility index (Phi) is 4.52. The van der Waals surface area contributed by atoms with Crippen molar-refractivity contribution in [2.24, 2.45) is 5.92 Å². The summed E-state index contributed by atoms with van der Waals surface area (Å²) in [4.78, 5) is 3.05. The monoisotopic (exact) mass is 321 g/mol. The second-order valence-corrected chi connectivity index (χ2v) is 9.01. The lowest BCUT2D eigenvalue weighted by Crippen LogP contribution is -2.29. The molecular weight excluding hydrogens is 302 g/mol. The van der Waals surface area contributed by atoms with E-state index < -0.39 is 19.9 Å². The molecule has 1 aliphatic heterocycles. The van der Waals surface area contributed by atoms with E-state index in [1.807, 2.05) is 0 Å². The number of nitrogens with one attached hydrogen (secondary N) is 3. The van der Waals surface area contributed by atoms with Crippen LogP contribution in [0.5, 0.6) is 0 Å². The van der Waals surface area contributed by atoms with E-state index in [0.29, 0.717) is 13.0 Å². The highest BCUT2D eigenvalue weighted by atomic mass is 32.2. The number of sulfonamides is 1. The summed E-state index contributed by atoms with van der Waals surface area (Å²) in [5.41, 5.74) is 0.774. The molecule has 20 heavy (non-hydrogen) atoms. The van der Waals surface area contributed by atoms with Crippen LogP contribution in [0, 0.1) is 5.92 Å². The van der Waals surface area contributed by atoms with Gasteiger partial charge in [-0.2, -0.15) is 0 Å². The van der Waals surface area contributed by atoms with Crippen LogP contribution in [0.4, 0.5) is 0 Å². The SMILES string of the molecule is CNCc1cc(S(=O)(=O)NCC2CCS(=O)(=O)C2)c[nH]1. The molecule has 0 aliphatic carbocycles. The molecule has 0 amide bonds. The van der Waals surface area contributed by atoms with Gasteiger partial charge < -0.3 is 10.3 Å². The second kappa shape index (κ2) is 5.84. The maximum absolute atomic E-state index is 12.1. The number of aromatic amines is 1. The fourth-order valence-corrected chi connectivity index (χ4v) is 5.21. The molecule has 0 radical (unpaired) electrons. The Morgan fingerprint density at radius 1 is 1.45 bits per heavy atom. The van der Waals surface area contributed by atoms with Crippen LogP contribution in [0.15, 0.2) is 17.2 Å². The van der Waals surface area contributed by atoms with Crippen molar-refractivity contribution in [2.45, 2.75) is 17.9 Å². The van der Waals surface area contributed by atoms with E-state index in [1.165, 1.54) is 6.20 Å². The van der Waals surface area contributed by atoms with Crippen molar-refractivity contribution in [3.8, 4) is 0 Å². The lowest BCUT2D eigenvalue weighted by Gasteiger charge is -2.09. The number of sulfone groups is 1. The number of H-pyrrole nitrogens is 1. The quantitative estimate of drug-likeness (QED) is 0.651. The van der Waals surface area contributed by atoms with E-state index >= 15 is 0 Å². The molecule has 0 aromatic carbocycles. The van der Waals surface area contributed by atoms with Gasteiger partial charge in [-0.05, 0) is 25.5 Å². The average Bonchev–Trinajstić information content (AvgIpc) is 2.94. The fraction of sp³-hybridized carbons (Fsp3) is 0.636. The molecule has 1 unspecified atom stereocenters. The number of hydrogen-bond acceptors (Lipinski definition) is 5. The summed E-state index contributed by atoms with van der Waals surface area (Å²) in [5, 5.41) is 2.92. The zero-order chi connectivity index (χ0) is 14.8. The highest BCUT2D eigenvalue weighted by Crippen LogP contribution is 2.18. The Bertz CT molecular complexity index is 664. The Morgan fingerprint density at radius 3 is 2.80 bits per heavy atom. The van der Waals surface area contributed by atoms with Crippen LogP contribution in [0.2, 0.25) is 0 Å². The van der Waals surface area contributed by atoms with E-state index in [0.717, 1.165) is 5.69 Å². The first kappa shape index (κ1) is 15.5. The molecule has 1 aromatic rings. The smallest absolute Gasteiger partial charge is 0.242 e. The maximum atomic E-state index is 12.1. The summed E-state index contributed by atoms with van der Waals surface area (Å²) in [7, 11) is -4.80. The molecule has 114 valence electrons. The zero-order valence-corrected chi connectivity index (χ0v) is 12.9. The lowest BCUT2D eigenvalue weighted by molar-refractivity contribution is 0.543. The Balaban J connectivity index is 1.97. The minimum absolute atomic E-state index is 0.0632. The summed E-state index contributed by atoms with van der Waals surface area (Å²) >= 11 is 0.